The minimum absolute atomic E-state index is 0.0619. The third-order valence-electron chi connectivity index (χ3n) is 5.29. The SMILES string of the molecule is C=C1c2ccccc2[C@@]2(CCCC3(C2)OCCO3)C1(F)F. The van der Waals surface area contributed by atoms with Crippen LogP contribution < -0.4 is 0 Å². The maximum absolute atomic E-state index is 15.1. The molecule has 0 unspecified atom stereocenters. The first-order valence-electron chi connectivity index (χ1n) is 7.46. The highest BCUT2D eigenvalue weighted by atomic mass is 19.3. The molecular weight excluding hydrogens is 274 g/mol. The Labute approximate surface area is 122 Å². The highest BCUT2D eigenvalue weighted by Crippen LogP contribution is 2.63. The van der Waals surface area contributed by atoms with Crippen LogP contribution >= 0.6 is 0 Å². The summed E-state index contributed by atoms with van der Waals surface area (Å²) < 4.78 is 41.6. The van der Waals surface area contributed by atoms with E-state index in [2.05, 4.69) is 6.58 Å². The highest BCUT2D eigenvalue weighted by Gasteiger charge is 2.66. The largest absolute Gasteiger partial charge is 0.347 e. The normalized spacial score (nSPS) is 32.8. The van der Waals surface area contributed by atoms with Gasteiger partial charge in [0.2, 0.25) is 0 Å². The van der Waals surface area contributed by atoms with Gasteiger partial charge in [-0.15, -0.1) is 0 Å². The van der Waals surface area contributed by atoms with Crippen LogP contribution in [-0.4, -0.2) is 24.9 Å². The second kappa shape index (κ2) is 4.14. The molecule has 2 aliphatic carbocycles. The molecule has 0 bridgehead atoms. The topological polar surface area (TPSA) is 18.5 Å². The molecule has 1 saturated carbocycles. The van der Waals surface area contributed by atoms with E-state index in [0.717, 1.165) is 0 Å². The number of allylic oxidation sites excluding steroid dienone is 1. The van der Waals surface area contributed by atoms with Gasteiger partial charge in [0.05, 0.1) is 18.6 Å². The number of rotatable bonds is 0. The van der Waals surface area contributed by atoms with E-state index in [1.54, 1.807) is 12.1 Å². The van der Waals surface area contributed by atoms with E-state index >= 15 is 8.78 Å². The van der Waals surface area contributed by atoms with E-state index in [-0.39, 0.29) is 12.0 Å². The van der Waals surface area contributed by atoms with Gasteiger partial charge in [0.15, 0.2) is 5.79 Å². The van der Waals surface area contributed by atoms with Gasteiger partial charge in [0.25, 0.3) is 5.92 Å². The second-order valence-corrected chi connectivity index (χ2v) is 6.32. The van der Waals surface area contributed by atoms with E-state index in [9.17, 15) is 0 Å². The van der Waals surface area contributed by atoms with E-state index in [1.165, 1.54) is 0 Å². The fraction of sp³-hybridized carbons (Fsp3) is 0.529. The summed E-state index contributed by atoms with van der Waals surface area (Å²) in [6.07, 6.45) is 2.03. The molecule has 21 heavy (non-hydrogen) atoms. The van der Waals surface area contributed by atoms with Crippen LogP contribution in [0.5, 0.6) is 0 Å². The van der Waals surface area contributed by atoms with Crippen LogP contribution in [0.3, 0.4) is 0 Å². The minimum atomic E-state index is -2.95. The summed E-state index contributed by atoms with van der Waals surface area (Å²) in [5.74, 6) is -3.78. The monoisotopic (exact) mass is 292 g/mol. The predicted molar refractivity (Wildman–Crippen MR) is 75.2 cm³/mol. The van der Waals surface area contributed by atoms with Crippen LogP contribution in [0.4, 0.5) is 8.78 Å². The Balaban J connectivity index is 1.87. The van der Waals surface area contributed by atoms with Crippen LogP contribution in [-0.2, 0) is 14.9 Å². The Hall–Kier alpha value is -1.26. The highest BCUT2D eigenvalue weighted by molar-refractivity contribution is 5.80. The number of halogens is 2. The molecule has 0 N–H and O–H groups in total. The molecule has 1 aromatic carbocycles. The lowest BCUT2D eigenvalue weighted by atomic mass is 9.66. The van der Waals surface area contributed by atoms with E-state index in [1.807, 2.05) is 12.1 Å². The van der Waals surface area contributed by atoms with Crippen molar-refractivity contribution in [2.45, 2.75) is 42.8 Å². The Kier molecular flexibility index (Phi) is 2.64. The fourth-order valence-corrected chi connectivity index (χ4v) is 4.33. The first kappa shape index (κ1) is 13.4. The molecule has 112 valence electrons. The third kappa shape index (κ3) is 1.58. The number of ether oxygens (including phenoxy) is 2. The lowest BCUT2D eigenvalue weighted by Crippen LogP contribution is -2.51. The smallest absolute Gasteiger partial charge is 0.282 e. The van der Waals surface area contributed by atoms with Crippen molar-refractivity contribution in [3.8, 4) is 0 Å². The van der Waals surface area contributed by atoms with Crippen LogP contribution in [0.2, 0.25) is 0 Å². The van der Waals surface area contributed by atoms with Crippen LogP contribution in [0, 0.1) is 0 Å². The van der Waals surface area contributed by atoms with Crippen LogP contribution in [0.15, 0.2) is 30.8 Å². The molecule has 1 atom stereocenters. The fourth-order valence-electron chi connectivity index (χ4n) is 4.33. The number of hydrogen-bond donors (Lipinski definition) is 0. The molecule has 1 aliphatic heterocycles. The van der Waals surface area contributed by atoms with Gasteiger partial charge in [-0.1, -0.05) is 30.8 Å². The number of fused-ring (bicyclic) bond motifs is 2. The van der Waals surface area contributed by atoms with Gasteiger partial charge in [0.1, 0.15) is 0 Å². The van der Waals surface area contributed by atoms with Crippen molar-refractivity contribution in [3.05, 3.63) is 42.0 Å². The second-order valence-electron chi connectivity index (χ2n) is 6.32. The van der Waals surface area contributed by atoms with Gasteiger partial charge in [-0.3, -0.25) is 0 Å². The zero-order valence-corrected chi connectivity index (χ0v) is 11.8. The number of alkyl halides is 2. The van der Waals surface area contributed by atoms with Crippen molar-refractivity contribution in [1.29, 1.82) is 0 Å². The van der Waals surface area contributed by atoms with Crippen LogP contribution in [0.1, 0.15) is 36.8 Å². The average Bonchev–Trinajstić information content (AvgIpc) is 2.98. The molecule has 0 aromatic heterocycles. The maximum Gasteiger partial charge on any atom is 0.282 e. The summed E-state index contributed by atoms with van der Waals surface area (Å²) in [5.41, 5.74) is 0.00682. The van der Waals surface area contributed by atoms with Crippen LogP contribution in [0.25, 0.3) is 5.57 Å². The predicted octanol–water partition coefficient (Wildman–Crippen LogP) is 3.90. The van der Waals surface area contributed by atoms with Gasteiger partial charge in [-0.05, 0) is 24.0 Å². The third-order valence-corrected chi connectivity index (χ3v) is 5.29. The van der Waals surface area contributed by atoms with Crippen molar-refractivity contribution >= 4 is 5.57 Å². The summed E-state index contributed by atoms with van der Waals surface area (Å²) in [6.45, 7) is 4.66. The molecule has 4 rings (SSSR count). The molecule has 0 amide bonds. The Morgan fingerprint density at radius 3 is 2.52 bits per heavy atom. The summed E-state index contributed by atoms with van der Waals surface area (Å²) >= 11 is 0. The first-order chi connectivity index (χ1) is 10.0. The van der Waals surface area contributed by atoms with E-state index in [0.29, 0.717) is 43.6 Å². The molecule has 2 spiro atoms. The minimum Gasteiger partial charge on any atom is -0.347 e. The van der Waals surface area contributed by atoms with Gasteiger partial charge in [-0.2, -0.15) is 0 Å². The van der Waals surface area contributed by atoms with Gasteiger partial charge in [-0.25, -0.2) is 8.78 Å². The Bertz CT molecular complexity index is 605. The van der Waals surface area contributed by atoms with Crippen molar-refractivity contribution in [2.75, 3.05) is 13.2 Å². The van der Waals surface area contributed by atoms with Crippen molar-refractivity contribution in [1.82, 2.24) is 0 Å². The standard InChI is InChI=1S/C17H18F2O2/c1-12-13-5-2-3-6-14(13)15(17(12,18)19)7-4-8-16(11-15)20-9-10-21-16/h2-3,5-6H,1,4,7-11H2/t15-/m0/s1. The lowest BCUT2D eigenvalue weighted by Gasteiger charge is -2.46. The zero-order chi connectivity index (χ0) is 14.7. The van der Waals surface area contributed by atoms with Crippen molar-refractivity contribution < 1.29 is 18.3 Å². The van der Waals surface area contributed by atoms with E-state index in [4.69, 9.17) is 9.47 Å². The summed E-state index contributed by atoms with van der Waals surface area (Å²) in [5, 5.41) is 0. The first-order valence-corrected chi connectivity index (χ1v) is 7.46. The molecule has 3 aliphatic rings. The Morgan fingerprint density at radius 2 is 1.76 bits per heavy atom. The zero-order valence-electron chi connectivity index (χ0n) is 11.8. The van der Waals surface area contributed by atoms with Gasteiger partial charge in [0, 0.05) is 18.4 Å². The van der Waals surface area contributed by atoms with Gasteiger partial charge >= 0.3 is 0 Å². The number of hydrogen-bond acceptors (Lipinski definition) is 2. The molecule has 1 aromatic rings. The van der Waals surface area contributed by atoms with Crippen molar-refractivity contribution in [2.24, 2.45) is 0 Å². The summed E-state index contributed by atoms with van der Waals surface area (Å²) in [6, 6.07) is 7.18. The number of benzene rings is 1. The summed E-state index contributed by atoms with van der Waals surface area (Å²) in [7, 11) is 0. The molecule has 1 heterocycles. The molecule has 2 fully saturated rings. The van der Waals surface area contributed by atoms with Gasteiger partial charge < -0.3 is 9.47 Å². The molecular formula is C17H18F2O2. The Morgan fingerprint density at radius 1 is 1.05 bits per heavy atom. The average molecular weight is 292 g/mol. The molecule has 4 heteroatoms. The lowest BCUT2D eigenvalue weighted by molar-refractivity contribution is -0.210. The molecule has 2 nitrogen and oxygen atoms in total. The quantitative estimate of drug-likeness (QED) is 0.722. The molecule has 1 saturated heterocycles. The summed E-state index contributed by atoms with van der Waals surface area (Å²) in [4.78, 5) is 0. The van der Waals surface area contributed by atoms with E-state index < -0.39 is 17.1 Å². The maximum atomic E-state index is 15.1. The molecule has 0 radical (unpaired) electrons. The van der Waals surface area contributed by atoms with Crippen molar-refractivity contribution in [3.63, 3.8) is 0 Å².